The standard InChI is InChI=1S/C16H18N4O2S/c21-15(22)13-9-5-4-8-12(13)10-17-20-14(18-19-16(20)23)11-6-2-1-3-7-11/h4-5,8-11H,1-3,6-7H2,(H,19,23)(H,21,22)/b17-10-. The van der Waals surface area contributed by atoms with Gasteiger partial charge in [0.25, 0.3) is 0 Å². The number of carboxylic acids is 1. The van der Waals surface area contributed by atoms with E-state index in [2.05, 4.69) is 15.3 Å². The van der Waals surface area contributed by atoms with Crippen LogP contribution in [-0.4, -0.2) is 32.2 Å². The maximum Gasteiger partial charge on any atom is 0.336 e. The number of carboxylic acid groups (broad SMARTS) is 1. The number of aromatic amines is 1. The van der Waals surface area contributed by atoms with Crippen molar-refractivity contribution >= 4 is 24.4 Å². The van der Waals surface area contributed by atoms with Gasteiger partial charge in [-0.3, -0.25) is 5.10 Å². The second kappa shape index (κ2) is 6.87. The molecule has 0 unspecified atom stereocenters. The van der Waals surface area contributed by atoms with Crippen molar-refractivity contribution in [2.45, 2.75) is 38.0 Å². The lowest BCUT2D eigenvalue weighted by atomic mass is 9.89. The highest BCUT2D eigenvalue weighted by Gasteiger charge is 2.21. The average Bonchev–Trinajstić information content (AvgIpc) is 2.94. The van der Waals surface area contributed by atoms with Crippen LogP contribution in [0.15, 0.2) is 29.4 Å². The third-order valence-corrected chi connectivity index (χ3v) is 4.41. The smallest absolute Gasteiger partial charge is 0.336 e. The van der Waals surface area contributed by atoms with Crippen molar-refractivity contribution in [3.63, 3.8) is 0 Å². The van der Waals surface area contributed by atoms with Crippen molar-refractivity contribution in [3.8, 4) is 0 Å². The molecule has 1 saturated carbocycles. The summed E-state index contributed by atoms with van der Waals surface area (Å²) in [6.07, 6.45) is 7.34. The number of nitrogens with zero attached hydrogens (tertiary/aromatic N) is 3. The average molecular weight is 330 g/mol. The normalized spacial score (nSPS) is 16.0. The van der Waals surface area contributed by atoms with Crippen LogP contribution in [0.1, 0.15) is 59.8 Å². The summed E-state index contributed by atoms with van der Waals surface area (Å²) >= 11 is 5.26. The third-order valence-electron chi connectivity index (χ3n) is 4.15. The van der Waals surface area contributed by atoms with Crippen molar-refractivity contribution in [1.82, 2.24) is 14.9 Å². The molecule has 1 aliphatic carbocycles. The monoisotopic (exact) mass is 330 g/mol. The van der Waals surface area contributed by atoms with Crippen molar-refractivity contribution in [2.24, 2.45) is 5.10 Å². The van der Waals surface area contributed by atoms with Gasteiger partial charge in [0, 0.05) is 11.5 Å². The molecule has 2 N–H and O–H groups in total. The van der Waals surface area contributed by atoms with Crippen LogP contribution in [0.25, 0.3) is 0 Å². The fourth-order valence-corrected chi connectivity index (χ4v) is 3.15. The maximum atomic E-state index is 11.3. The molecular weight excluding hydrogens is 312 g/mol. The number of benzene rings is 1. The highest BCUT2D eigenvalue weighted by atomic mass is 32.1. The van der Waals surface area contributed by atoms with Crippen LogP contribution < -0.4 is 0 Å². The minimum atomic E-state index is -0.977. The summed E-state index contributed by atoms with van der Waals surface area (Å²) in [4.78, 5) is 11.3. The van der Waals surface area contributed by atoms with Crippen molar-refractivity contribution in [3.05, 3.63) is 46.0 Å². The van der Waals surface area contributed by atoms with Gasteiger partial charge in [-0.1, -0.05) is 37.5 Å². The number of H-pyrrole nitrogens is 1. The molecule has 1 aromatic heterocycles. The largest absolute Gasteiger partial charge is 0.478 e. The molecule has 0 saturated heterocycles. The zero-order valence-electron chi connectivity index (χ0n) is 12.6. The van der Waals surface area contributed by atoms with Crippen molar-refractivity contribution in [1.29, 1.82) is 0 Å². The van der Waals surface area contributed by atoms with E-state index in [0.717, 1.165) is 18.7 Å². The van der Waals surface area contributed by atoms with Crippen LogP contribution in [0.5, 0.6) is 0 Å². The topological polar surface area (TPSA) is 83.3 Å². The predicted octanol–water partition coefficient (Wildman–Crippen LogP) is 3.57. The first-order valence-electron chi connectivity index (χ1n) is 7.71. The van der Waals surface area contributed by atoms with Gasteiger partial charge in [0.1, 0.15) is 0 Å². The lowest BCUT2D eigenvalue weighted by Gasteiger charge is -2.19. The predicted molar refractivity (Wildman–Crippen MR) is 89.6 cm³/mol. The Morgan fingerprint density at radius 1 is 1.35 bits per heavy atom. The van der Waals surface area contributed by atoms with Crippen molar-refractivity contribution < 1.29 is 9.90 Å². The number of hydrogen-bond acceptors (Lipinski definition) is 4. The van der Waals surface area contributed by atoms with E-state index in [-0.39, 0.29) is 5.56 Å². The molecule has 1 aromatic carbocycles. The SMILES string of the molecule is O=C(O)c1ccccc1/C=N\n1c(C2CCCCC2)n[nH]c1=S. The van der Waals surface area contributed by atoms with Gasteiger partial charge < -0.3 is 5.11 Å². The number of aromatic nitrogens is 3. The van der Waals surface area contributed by atoms with Gasteiger partial charge in [0.2, 0.25) is 4.77 Å². The number of hydrogen-bond donors (Lipinski definition) is 2. The van der Waals surface area contributed by atoms with Crippen LogP contribution in [-0.2, 0) is 0 Å². The van der Waals surface area contributed by atoms with Gasteiger partial charge in [-0.2, -0.15) is 14.9 Å². The van der Waals surface area contributed by atoms with E-state index in [0.29, 0.717) is 16.3 Å². The van der Waals surface area contributed by atoms with E-state index >= 15 is 0 Å². The fraction of sp³-hybridized carbons (Fsp3) is 0.375. The molecule has 120 valence electrons. The molecule has 3 rings (SSSR count). The fourth-order valence-electron chi connectivity index (χ4n) is 2.96. The molecular formula is C16H18N4O2S. The van der Waals surface area contributed by atoms with Gasteiger partial charge in [0.05, 0.1) is 11.8 Å². The molecule has 0 aliphatic heterocycles. The molecule has 1 heterocycles. The quantitative estimate of drug-likeness (QED) is 0.663. The summed E-state index contributed by atoms with van der Waals surface area (Å²) in [5, 5.41) is 20.7. The number of carbonyl (C=O) groups is 1. The van der Waals surface area contributed by atoms with Crippen LogP contribution in [0.3, 0.4) is 0 Å². The molecule has 0 spiro atoms. The summed E-state index contributed by atoms with van der Waals surface area (Å²) in [5.74, 6) is 0.206. The molecule has 2 aromatic rings. The summed E-state index contributed by atoms with van der Waals surface area (Å²) in [5.41, 5.74) is 0.753. The zero-order valence-corrected chi connectivity index (χ0v) is 13.4. The second-order valence-corrected chi connectivity index (χ2v) is 6.06. The molecule has 0 radical (unpaired) electrons. The minimum absolute atomic E-state index is 0.213. The van der Waals surface area contributed by atoms with Gasteiger partial charge in [-0.05, 0) is 31.1 Å². The Labute approximate surface area is 138 Å². The summed E-state index contributed by atoms with van der Waals surface area (Å²) < 4.78 is 2.04. The van der Waals surface area contributed by atoms with E-state index in [9.17, 15) is 9.90 Å². The second-order valence-electron chi connectivity index (χ2n) is 5.67. The summed E-state index contributed by atoms with van der Waals surface area (Å²) in [7, 11) is 0. The number of rotatable bonds is 4. The Kier molecular flexibility index (Phi) is 4.66. The lowest BCUT2D eigenvalue weighted by molar-refractivity contribution is 0.0697. The molecule has 23 heavy (non-hydrogen) atoms. The van der Waals surface area contributed by atoms with Gasteiger partial charge in [0.15, 0.2) is 5.82 Å². The van der Waals surface area contributed by atoms with Crippen LogP contribution in [0, 0.1) is 4.77 Å². The summed E-state index contributed by atoms with van der Waals surface area (Å²) in [6.45, 7) is 0. The zero-order chi connectivity index (χ0) is 16.2. The Morgan fingerprint density at radius 2 is 2.09 bits per heavy atom. The molecule has 0 atom stereocenters. The Balaban J connectivity index is 1.93. The molecule has 7 heteroatoms. The molecule has 6 nitrogen and oxygen atoms in total. The van der Waals surface area contributed by atoms with E-state index in [1.807, 2.05) is 0 Å². The first-order valence-corrected chi connectivity index (χ1v) is 8.11. The first-order chi connectivity index (χ1) is 11.2. The molecule has 1 aliphatic rings. The Hall–Kier alpha value is -2.28. The third kappa shape index (κ3) is 3.39. The Bertz CT molecular complexity index is 787. The molecule has 0 amide bonds. The highest BCUT2D eigenvalue weighted by molar-refractivity contribution is 7.71. The minimum Gasteiger partial charge on any atom is -0.478 e. The molecule has 1 fully saturated rings. The maximum absolute atomic E-state index is 11.3. The Morgan fingerprint density at radius 3 is 2.83 bits per heavy atom. The van der Waals surface area contributed by atoms with Gasteiger partial charge >= 0.3 is 5.97 Å². The van der Waals surface area contributed by atoms with E-state index in [1.165, 1.54) is 25.5 Å². The van der Waals surface area contributed by atoms with Crippen molar-refractivity contribution in [2.75, 3.05) is 0 Å². The van der Waals surface area contributed by atoms with Gasteiger partial charge in [-0.25, -0.2) is 4.79 Å². The van der Waals surface area contributed by atoms with Gasteiger partial charge in [-0.15, -0.1) is 0 Å². The molecule has 0 bridgehead atoms. The highest BCUT2D eigenvalue weighted by Crippen LogP contribution is 2.31. The number of nitrogens with one attached hydrogen (secondary N) is 1. The van der Waals surface area contributed by atoms with Crippen LogP contribution in [0.4, 0.5) is 0 Å². The first kappa shape index (κ1) is 15.6. The van der Waals surface area contributed by atoms with E-state index < -0.39 is 5.97 Å². The lowest BCUT2D eigenvalue weighted by Crippen LogP contribution is -2.10. The summed E-state index contributed by atoms with van der Waals surface area (Å²) in [6, 6.07) is 6.75. The van der Waals surface area contributed by atoms with Crippen LogP contribution in [0.2, 0.25) is 0 Å². The van der Waals surface area contributed by atoms with E-state index in [1.54, 1.807) is 28.9 Å². The van der Waals surface area contributed by atoms with E-state index in [4.69, 9.17) is 12.2 Å². The van der Waals surface area contributed by atoms with Crippen LogP contribution >= 0.6 is 12.2 Å². The number of aromatic carboxylic acids is 1.